The van der Waals surface area contributed by atoms with Gasteiger partial charge in [-0.25, -0.2) is 0 Å². The minimum Gasteiger partial charge on any atom is -0.377 e. The van der Waals surface area contributed by atoms with Gasteiger partial charge in [-0.3, -0.25) is 4.68 Å². The van der Waals surface area contributed by atoms with E-state index in [1.807, 2.05) is 14.0 Å². The molecule has 0 amide bonds. The summed E-state index contributed by atoms with van der Waals surface area (Å²) in [4.78, 5) is 0. The van der Waals surface area contributed by atoms with Crippen LogP contribution in [0, 0.1) is 18.3 Å². The van der Waals surface area contributed by atoms with Crippen LogP contribution in [0.5, 0.6) is 0 Å². The van der Waals surface area contributed by atoms with Crippen molar-refractivity contribution in [2.45, 2.75) is 38.7 Å². The molecule has 1 aromatic rings. The van der Waals surface area contributed by atoms with E-state index >= 15 is 0 Å². The van der Waals surface area contributed by atoms with Gasteiger partial charge in [0, 0.05) is 31.2 Å². The minimum absolute atomic E-state index is 0.0542. The maximum absolute atomic E-state index is 6.37. The largest absolute Gasteiger partial charge is 0.377 e. The summed E-state index contributed by atoms with van der Waals surface area (Å²) >= 11 is 6.37. The number of nitrogens with two attached hydrogens (primary N) is 1. The Kier molecular flexibility index (Phi) is 3.36. The Bertz CT molecular complexity index is 483. The van der Waals surface area contributed by atoms with Crippen LogP contribution in [0.4, 0.5) is 0 Å². The van der Waals surface area contributed by atoms with E-state index in [-0.39, 0.29) is 5.41 Å². The summed E-state index contributed by atoms with van der Waals surface area (Å²) in [6.07, 6.45) is 4.81. The van der Waals surface area contributed by atoms with Gasteiger partial charge in [0.25, 0.3) is 0 Å². The molecule has 4 nitrogen and oxygen atoms in total. The van der Waals surface area contributed by atoms with E-state index in [4.69, 9.17) is 22.1 Å². The number of rotatable bonds is 4. The van der Waals surface area contributed by atoms with E-state index in [9.17, 15) is 0 Å². The van der Waals surface area contributed by atoms with Crippen LogP contribution in [0.3, 0.4) is 0 Å². The number of aromatic nitrogens is 2. The Labute approximate surface area is 119 Å². The summed E-state index contributed by atoms with van der Waals surface area (Å²) in [6.45, 7) is 3.52. The summed E-state index contributed by atoms with van der Waals surface area (Å²) in [5.41, 5.74) is 8.34. The Balaban J connectivity index is 1.90. The highest BCUT2D eigenvalue weighted by atomic mass is 35.5. The van der Waals surface area contributed by atoms with Crippen LogP contribution >= 0.6 is 11.6 Å². The monoisotopic (exact) mass is 283 g/mol. The van der Waals surface area contributed by atoms with E-state index in [1.165, 1.54) is 12.8 Å². The summed E-state index contributed by atoms with van der Waals surface area (Å²) in [6, 6.07) is 0. The zero-order valence-corrected chi connectivity index (χ0v) is 12.4. The van der Waals surface area contributed by atoms with Crippen molar-refractivity contribution in [1.82, 2.24) is 9.78 Å². The maximum Gasteiger partial charge on any atom is 0.130 e. The molecule has 2 atom stereocenters. The molecule has 0 bridgehead atoms. The third kappa shape index (κ3) is 2.20. The predicted molar refractivity (Wildman–Crippen MR) is 75.2 cm³/mol. The quantitative estimate of drug-likeness (QED) is 0.920. The van der Waals surface area contributed by atoms with Gasteiger partial charge >= 0.3 is 0 Å². The standard InChI is InChI=1S/C14H22ClN3O/c1-9-11(13(15)18(2)17-9)7-14(8-16)5-6-19-12(14)10-3-4-10/h10,12H,3-8,16H2,1-2H3. The van der Waals surface area contributed by atoms with E-state index in [0.717, 1.165) is 35.9 Å². The molecule has 0 radical (unpaired) electrons. The van der Waals surface area contributed by atoms with Gasteiger partial charge in [0.2, 0.25) is 0 Å². The van der Waals surface area contributed by atoms with Crippen molar-refractivity contribution < 1.29 is 4.74 Å². The van der Waals surface area contributed by atoms with E-state index in [2.05, 4.69) is 5.10 Å². The molecule has 2 N–H and O–H groups in total. The summed E-state index contributed by atoms with van der Waals surface area (Å²) in [5.74, 6) is 0.710. The number of aryl methyl sites for hydroxylation is 2. The van der Waals surface area contributed by atoms with Crippen molar-refractivity contribution in [2.75, 3.05) is 13.2 Å². The van der Waals surface area contributed by atoms with Gasteiger partial charge in [0.15, 0.2) is 0 Å². The molecule has 1 saturated carbocycles. The molecule has 106 valence electrons. The smallest absolute Gasteiger partial charge is 0.130 e. The molecule has 1 aliphatic carbocycles. The molecule has 1 aliphatic heterocycles. The van der Waals surface area contributed by atoms with Gasteiger partial charge in [-0.2, -0.15) is 5.10 Å². The molecule has 3 rings (SSSR count). The van der Waals surface area contributed by atoms with Crippen molar-refractivity contribution in [1.29, 1.82) is 0 Å². The van der Waals surface area contributed by atoms with Crippen LogP contribution in [0.15, 0.2) is 0 Å². The molecule has 2 fully saturated rings. The maximum atomic E-state index is 6.37. The lowest BCUT2D eigenvalue weighted by molar-refractivity contribution is 0.0344. The Morgan fingerprint density at radius 3 is 2.79 bits per heavy atom. The second kappa shape index (κ2) is 4.76. The van der Waals surface area contributed by atoms with E-state index in [1.54, 1.807) is 4.68 Å². The van der Waals surface area contributed by atoms with Crippen LogP contribution in [0.2, 0.25) is 5.15 Å². The first kappa shape index (κ1) is 13.4. The zero-order valence-electron chi connectivity index (χ0n) is 11.7. The molecule has 0 aromatic carbocycles. The highest BCUT2D eigenvalue weighted by Crippen LogP contribution is 2.49. The number of hydrogen-bond acceptors (Lipinski definition) is 3. The predicted octanol–water partition coefficient (Wildman–Crippen LogP) is 2.07. The SMILES string of the molecule is Cc1nn(C)c(Cl)c1CC1(CN)CCOC1C1CC1. The topological polar surface area (TPSA) is 53.1 Å². The molecule has 2 aliphatic rings. The molecule has 19 heavy (non-hydrogen) atoms. The fourth-order valence-corrected chi connectivity index (χ4v) is 3.69. The van der Waals surface area contributed by atoms with E-state index in [0.29, 0.717) is 18.6 Å². The first-order valence-corrected chi connectivity index (χ1v) is 7.45. The first-order valence-electron chi connectivity index (χ1n) is 7.07. The van der Waals surface area contributed by atoms with Gasteiger partial charge in [-0.15, -0.1) is 0 Å². The lowest BCUT2D eigenvalue weighted by atomic mass is 9.74. The van der Waals surface area contributed by atoms with Crippen LogP contribution in [-0.4, -0.2) is 29.0 Å². The molecular formula is C14H22ClN3O. The summed E-state index contributed by atoms with van der Waals surface area (Å²) in [5, 5.41) is 5.15. The number of ether oxygens (including phenoxy) is 1. The third-order valence-electron chi connectivity index (χ3n) is 4.76. The fraction of sp³-hybridized carbons (Fsp3) is 0.786. The fourth-order valence-electron chi connectivity index (χ4n) is 3.45. The highest BCUT2D eigenvalue weighted by molar-refractivity contribution is 6.30. The Morgan fingerprint density at radius 2 is 2.26 bits per heavy atom. The van der Waals surface area contributed by atoms with Gasteiger partial charge in [-0.05, 0) is 38.5 Å². The lowest BCUT2D eigenvalue weighted by Gasteiger charge is -2.33. The van der Waals surface area contributed by atoms with E-state index < -0.39 is 0 Å². The number of hydrogen-bond donors (Lipinski definition) is 1. The molecule has 0 spiro atoms. The average molecular weight is 284 g/mol. The van der Waals surface area contributed by atoms with Gasteiger partial charge in [0.1, 0.15) is 5.15 Å². The van der Waals surface area contributed by atoms with Crippen molar-refractivity contribution in [3.63, 3.8) is 0 Å². The first-order chi connectivity index (χ1) is 9.07. The van der Waals surface area contributed by atoms with Crippen molar-refractivity contribution in [2.24, 2.45) is 24.1 Å². The normalized spacial score (nSPS) is 31.1. The number of halogens is 1. The summed E-state index contributed by atoms with van der Waals surface area (Å²) < 4.78 is 7.74. The lowest BCUT2D eigenvalue weighted by Crippen LogP contribution is -2.41. The van der Waals surface area contributed by atoms with Crippen molar-refractivity contribution in [3.05, 3.63) is 16.4 Å². The summed E-state index contributed by atoms with van der Waals surface area (Å²) in [7, 11) is 1.89. The van der Waals surface area contributed by atoms with Crippen molar-refractivity contribution in [3.8, 4) is 0 Å². The van der Waals surface area contributed by atoms with Crippen LogP contribution in [0.25, 0.3) is 0 Å². The molecular weight excluding hydrogens is 262 g/mol. The Morgan fingerprint density at radius 1 is 1.53 bits per heavy atom. The third-order valence-corrected chi connectivity index (χ3v) is 5.23. The molecule has 2 unspecified atom stereocenters. The molecule has 1 aromatic heterocycles. The second-order valence-corrected chi connectivity index (χ2v) is 6.46. The van der Waals surface area contributed by atoms with Gasteiger partial charge < -0.3 is 10.5 Å². The minimum atomic E-state index is 0.0542. The van der Waals surface area contributed by atoms with Gasteiger partial charge in [0.05, 0.1) is 11.8 Å². The molecule has 2 heterocycles. The Hall–Kier alpha value is -0.580. The molecule has 1 saturated heterocycles. The van der Waals surface area contributed by atoms with Crippen LogP contribution in [0.1, 0.15) is 30.5 Å². The molecule has 5 heteroatoms. The highest BCUT2D eigenvalue weighted by Gasteiger charge is 2.50. The van der Waals surface area contributed by atoms with Crippen molar-refractivity contribution >= 4 is 11.6 Å². The zero-order chi connectivity index (χ0) is 13.6. The van der Waals surface area contributed by atoms with Gasteiger partial charge in [-0.1, -0.05) is 11.6 Å². The second-order valence-electron chi connectivity index (χ2n) is 6.10. The average Bonchev–Trinajstić information content (AvgIpc) is 3.11. The van der Waals surface area contributed by atoms with Crippen LogP contribution in [-0.2, 0) is 18.2 Å². The van der Waals surface area contributed by atoms with Crippen LogP contribution < -0.4 is 5.73 Å². The number of nitrogens with zero attached hydrogens (tertiary/aromatic N) is 2.